The Morgan fingerprint density at radius 3 is 1.83 bits per heavy atom. The normalized spacial score (nSPS) is 12.2. The second kappa shape index (κ2) is 11.5. The van der Waals surface area contributed by atoms with Crippen molar-refractivity contribution in [1.82, 2.24) is 5.32 Å². The number of carboxylic acid groups (broad SMARTS) is 1. The van der Waals surface area contributed by atoms with Crippen molar-refractivity contribution >= 4 is 11.9 Å². The van der Waals surface area contributed by atoms with Crippen LogP contribution in [-0.4, -0.2) is 42.7 Å². The molecule has 0 aromatic heterocycles. The van der Waals surface area contributed by atoms with Crippen molar-refractivity contribution in [2.75, 3.05) is 20.8 Å². The number of nitrogens with zero attached hydrogens (tertiary/aromatic N) is 1. The highest BCUT2D eigenvalue weighted by atomic mass is 16.4. The Labute approximate surface area is 148 Å². The number of nitrogens with one attached hydrogen (secondary N) is 1. The van der Waals surface area contributed by atoms with E-state index in [2.05, 4.69) is 12.2 Å². The molecule has 142 valence electrons. The fourth-order valence-electron chi connectivity index (χ4n) is 2.42. The number of rotatable bonds is 14. The number of carboxylic acids is 1. The summed E-state index contributed by atoms with van der Waals surface area (Å²) in [5.74, 6) is -1.11. The van der Waals surface area contributed by atoms with Crippen molar-refractivity contribution in [1.29, 1.82) is 0 Å². The smallest absolute Gasteiger partial charge is 0.224 e. The van der Waals surface area contributed by atoms with Crippen LogP contribution in [0.25, 0.3) is 0 Å². The largest absolute Gasteiger partial charge is 0.544 e. The van der Waals surface area contributed by atoms with Crippen LogP contribution in [0, 0.1) is 0 Å². The lowest BCUT2D eigenvalue weighted by Gasteiger charge is -2.44. The molecule has 0 unspecified atom stereocenters. The third-order valence-electron chi connectivity index (χ3n) is 5.19. The first kappa shape index (κ1) is 22.9. The first-order chi connectivity index (χ1) is 11.1. The molecule has 0 saturated heterocycles. The van der Waals surface area contributed by atoms with Gasteiger partial charge >= 0.3 is 0 Å². The summed E-state index contributed by atoms with van der Waals surface area (Å²) in [7, 11) is 3.57. The van der Waals surface area contributed by atoms with Crippen LogP contribution in [0.2, 0.25) is 0 Å². The second-order valence-corrected chi connectivity index (χ2v) is 7.87. The van der Waals surface area contributed by atoms with E-state index in [1.165, 1.54) is 44.9 Å². The molecule has 0 rings (SSSR count). The summed E-state index contributed by atoms with van der Waals surface area (Å²) in [4.78, 5) is 23.1. The van der Waals surface area contributed by atoms with Crippen molar-refractivity contribution in [3.05, 3.63) is 0 Å². The second-order valence-electron chi connectivity index (χ2n) is 7.87. The number of unbranched alkanes of at least 4 members (excludes halogenated alkanes) is 8. The van der Waals surface area contributed by atoms with Crippen LogP contribution in [0.3, 0.4) is 0 Å². The summed E-state index contributed by atoms with van der Waals surface area (Å²) in [5, 5.41) is 14.1. The van der Waals surface area contributed by atoms with Gasteiger partial charge in [-0.25, -0.2) is 0 Å². The van der Waals surface area contributed by atoms with Gasteiger partial charge in [0.15, 0.2) is 6.67 Å². The van der Waals surface area contributed by atoms with Gasteiger partial charge < -0.3 is 19.7 Å². The molecule has 0 atom stereocenters. The van der Waals surface area contributed by atoms with E-state index in [0.29, 0.717) is 6.42 Å². The molecule has 0 aromatic carbocycles. The van der Waals surface area contributed by atoms with Gasteiger partial charge in [0.1, 0.15) is 11.5 Å². The fraction of sp³-hybridized carbons (Fsp3) is 0.895. The lowest BCUT2D eigenvalue weighted by molar-refractivity contribution is -0.931. The van der Waals surface area contributed by atoms with Crippen molar-refractivity contribution in [3.8, 4) is 0 Å². The Kier molecular flexibility index (Phi) is 10.9. The van der Waals surface area contributed by atoms with Crippen LogP contribution in [0.5, 0.6) is 0 Å². The van der Waals surface area contributed by atoms with Gasteiger partial charge in [-0.2, -0.15) is 0 Å². The Balaban J connectivity index is 3.79. The number of aliphatic carboxylic acids is 1. The third kappa shape index (κ3) is 8.67. The molecule has 0 radical (unpaired) electrons. The van der Waals surface area contributed by atoms with Gasteiger partial charge in [-0.05, 0) is 20.3 Å². The third-order valence-corrected chi connectivity index (χ3v) is 5.19. The molecule has 0 aliphatic rings. The Hall–Kier alpha value is -1.10. The van der Waals surface area contributed by atoms with Gasteiger partial charge in [-0.15, -0.1) is 0 Å². The number of amides is 1. The summed E-state index contributed by atoms with van der Waals surface area (Å²) < 4.78 is 0.152. The molecule has 5 heteroatoms. The van der Waals surface area contributed by atoms with Crippen LogP contribution in [0.15, 0.2) is 0 Å². The van der Waals surface area contributed by atoms with Crippen LogP contribution in [0.1, 0.15) is 85.0 Å². The highest BCUT2D eigenvalue weighted by molar-refractivity contribution is 5.76. The monoisotopic (exact) mass is 342 g/mol. The first-order valence-electron chi connectivity index (χ1n) is 9.46. The molecule has 5 nitrogen and oxygen atoms in total. The van der Waals surface area contributed by atoms with Gasteiger partial charge in [0.25, 0.3) is 0 Å². The number of carbonyl (C=O) groups excluding carboxylic acids is 2. The zero-order chi connectivity index (χ0) is 18.6. The number of hydrogen-bond donors (Lipinski definition) is 1. The molecular weight excluding hydrogens is 304 g/mol. The summed E-state index contributed by atoms with van der Waals surface area (Å²) >= 11 is 0. The predicted molar refractivity (Wildman–Crippen MR) is 96.0 cm³/mol. The molecule has 0 aliphatic carbocycles. The predicted octanol–water partition coefficient (Wildman–Crippen LogP) is 2.59. The minimum Gasteiger partial charge on any atom is -0.544 e. The van der Waals surface area contributed by atoms with Crippen molar-refractivity contribution < 1.29 is 19.2 Å². The average Bonchev–Trinajstić information content (AvgIpc) is 2.51. The van der Waals surface area contributed by atoms with Crippen molar-refractivity contribution in [2.45, 2.75) is 90.5 Å². The maximum absolute atomic E-state index is 11.9. The molecule has 0 fully saturated rings. The molecule has 1 amide bonds. The van der Waals surface area contributed by atoms with E-state index >= 15 is 0 Å². The minimum atomic E-state index is -1.11. The molecule has 0 spiro atoms. The van der Waals surface area contributed by atoms with E-state index in [1.807, 2.05) is 0 Å². The minimum absolute atomic E-state index is 0.00158. The van der Waals surface area contributed by atoms with E-state index in [-0.39, 0.29) is 17.1 Å². The quantitative estimate of drug-likeness (QED) is 0.300. The van der Waals surface area contributed by atoms with Crippen molar-refractivity contribution in [3.63, 3.8) is 0 Å². The molecule has 1 N–H and O–H groups in total. The molecule has 0 bridgehead atoms. The van der Waals surface area contributed by atoms with Crippen LogP contribution in [0.4, 0.5) is 0 Å². The lowest BCUT2D eigenvalue weighted by atomic mass is 10.0. The standard InChI is InChI=1S/C19H38N2O3/c1-6-7-8-9-10-11-12-13-14-15-17(22)20-16-21(4,5)19(2,3)18(23)24/h6-16H2,1-5H3,(H-,20,22,23,24). The lowest BCUT2D eigenvalue weighted by Crippen LogP contribution is -2.67. The summed E-state index contributed by atoms with van der Waals surface area (Å²) in [6, 6.07) is 0. The number of likely N-dealkylation sites (N-methyl/N-ethyl adjacent to an activating group) is 1. The maximum Gasteiger partial charge on any atom is 0.224 e. The molecular formula is C19H38N2O3. The highest BCUT2D eigenvalue weighted by Gasteiger charge is 2.38. The van der Waals surface area contributed by atoms with E-state index in [4.69, 9.17) is 0 Å². The van der Waals surface area contributed by atoms with Gasteiger partial charge in [0.2, 0.25) is 5.91 Å². The SMILES string of the molecule is CCCCCCCCCCCC(=O)NC[N+](C)(C)C(C)(C)C(=O)[O-]. The fourth-order valence-corrected chi connectivity index (χ4v) is 2.42. The van der Waals surface area contributed by atoms with Crippen LogP contribution in [-0.2, 0) is 9.59 Å². The maximum atomic E-state index is 11.9. The van der Waals surface area contributed by atoms with Crippen LogP contribution >= 0.6 is 0 Å². The average molecular weight is 343 g/mol. The Morgan fingerprint density at radius 2 is 1.38 bits per heavy atom. The van der Waals surface area contributed by atoms with E-state index in [1.54, 1.807) is 27.9 Å². The van der Waals surface area contributed by atoms with Gasteiger partial charge in [0.05, 0.1) is 14.1 Å². The molecule has 0 heterocycles. The zero-order valence-corrected chi connectivity index (χ0v) is 16.5. The Morgan fingerprint density at radius 1 is 0.917 bits per heavy atom. The number of hydrogen-bond acceptors (Lipinski definition) is 3. The molecule has 0 saturated carbocycles. The first-order valence-corrected chi connectivity index (χ1v) is 9.46. The van der Waals surface area contributed by atoms with Gasteiger partial charge in [-0.1, -0.05) is 58.3 Å². The summed E-state index contributed by atoms with van der Waals surface area (Å²) in [5.41, 5.74) is -1.05. The molecule has 0 aromatic rings. The summed E-state index contributed by atoms with van der Waals surface area (Å²) in [6.45, 7) is 5.76. The molecule has 24 heavy (non-hydrogen) atoms. The van der Waals surface area contributed by atoms with Crippen LogP contribution < -0.4 is 10.4 Å². The van der Waals surface area contributed by atoms with E-state index in [9.17, 15) is 14.7 Å². The number of quaternary nitrogens is 1. The van der Waals surface area contributed by atoms with Gasteiger partial charge in [-0.3, -0.25) is 4.79 Å². The summed E-state index contributed by atoms with van der Waals surface area (Å²) in [6.07, 6.45) is 11.5. The molecule has 0 aliphatic heterocycles. The van der Waals surface area contributed by atoms with E-state index < -0.39 is 11.5 Å². The topological polar surface area (TPSA) is 69.2 Å². The Bertz CT molecular complexity index is 379. The highest BCUT2D eigenvalue weighted by Crippen LogP contribution is 2.18. The zero-order valence-electron chi connectivity index (χ0n) is 16.5. The van der Waals surface area contributed by atoms with Gasteiger partial charge in [0, 0.05) is 6.42 Å². The van der Waals surface area contributed by atoms with Crippen molar-refractivity contribution in [2.24, 2.45) is 0 Å². The van der Waals surface area contributed by atoms with E-state index in [0.717, 1.165) is 12.8 Å². The number of carbonyl (C=O) groups is 2.